The second kappa shape index (κ2) is 8.40. The van der Waals surface area contributed by atoms with Gasteiger partial charge in [-0.15, -0.1) is 0 Å². The van der Waals surface area contributed by atoms with Crippen LogP contribution in [0.25, 0.3) is 0 Å². The highest BCUT2D eigenvalue weighted by atomic mass is 15.3. The first-order valence-electron chi connectivity index (χ1n) is 9.86. The number of hydrogen-bond acceptors (Lipinski definition) is 5. The Morgan fingerprint density at radius 3 is 2.29 bits per heavy atom. The topological polar surface area (TPSA) is 44.3 Å². The predicted molar refractivity (Wildman–Crippen MR) is 115 cm³/mol. The number of piperazine rings is 1. The molecule has 0 bridgehead atoms. The Kier molecular flexibility index (Phi) is 5.53. The van der Waals surface area contributed by atoms with E-state index in [0.717, 1.165) is 50.2 Å². The number of nitrogens with zero attached hydrogens (tertiary/aromatic N) is 4. The summed E-state index contributed by atoms with van der Waals surface area (Å²) >= 11 is 0. The van der Waals surface area contributed by atoms with Crippen molar-refractivity contribution in [3.8, 4) is 0 Å². The summed E-state index contributed by atoms with van der Waals surface area (Å²) in [5.74, 6) is 1.64. The molecule has 5 nitrogen and oxygen atoms in total. The molecule has 1 aromatic heterocycles. The summed E-state index contributed by atoms with van der Waals surface area (Å²) in [6, 6.07) is 18.9. The number of benzene rings is 2. The lowest BCUT2D eigenvalue weighted by Crippen LogP contribution is -2.46. The molecule has 4 rings (SSSR count). The minimum absolute atomic E-state index is 0.801. The Morgan fingerprint density at radius 1 is 0.857 bits per heavy atom. The van der Waals surface area contributed by atoms with Crippen LogP contribution in [0.3, 0.4) is 0 Å². The maximum absolute atomic E-state index is 4.77. The average molecular weight is 374 g/mol. The van der Waals surface area contributed by atoms with E-state index >= 15 is 0 Å². The van der Waals surface area contributed by atoms with E-state index < -0.39 is 0 Å². The minimum Gasteiger partial charge on any atom is -0.340 e. The molecule has 144 valence electrons. The van der Waals surface area contributed by atoms with E-state index in [0.29, 0.717) is 0 Å². The third-order valence-corrected chi connectivity index (χ3v) is 5.28. The van der Waals surface area contributed by atoms with E-state index in [1.54, 1.807) is 0 Å². The zero-order valence-corrected chi connectivity index (χ0v) is 16.6. The molecular formula is C23H27N5. The predicted octanol–water partition coefficient (Wildman–Crippen LogP) is 4.16. The molecule has 0 saturated carbocycles. The zero-order chi connectivity index (χ0) is 19.3. The van der Waals surface area contributed by atoms with Gasteiger partial charge in [0.2, 0.25) is 5.95 Å². The van der Waals surface area contributed by atoms with E-state index in [4.69, 9.17) is 4.98 Å². The molecule has 0 radical (unpaired) electrons. The van der Waals surface area contributed by atoms with Crippen LogP contribution in [0.1, 0.15) is 16.7 Å². The fraction of sp³-hybridized carbons (Fsp3) is 0.304. The third kappa shape index (κ3) is 4.31. The molecule has 0 spiro atoms. The van der Waals surface area contributed by atoms with Crippen LogP contribution in [0.4, 0.5) is 17.5 Å². The minimum atomic E-state index is 0.801. The molecule has 28 heavy (non-hydrogen) atoms. The zero-order valence-electron chi connectivity index (χ0n) is 16.6. The van der Waals surface area contributed by atoms with Gasteiger partial charge in [-0.1, -0.05) is 48.5 Å². The SMILES string of the molecule is Cc1cccc(C)c1Nc1ccnc(N2CCN(Cc3ccccc3)CC2)n1. The second-order valence-corrected chi connectivity index (χ2v) is 7.38. The van der Waals surface area contributed by atoms with Crippen molar-refractivity contribution in [2.45, 2.75) is 20.4 Å². The van der Waals surface area contributed by atoms with Crippen molar-refractivity contribution >= 4 is 17.5 Å². The van der Waals surface area contributed by atoms with Crippen LogP contribution in [-0.4, -0.2) is 41.0 Å². The van der Waals surface area contributed by atoms with Gasteiger partial charge in [0.25, 0.3) is 0 Å². The quantitative estimate of drug-likeness (QED) is 0.727. The van der Waals surface area contributed by atoms with Gasteiger partial charge in [-0.3, -0.25) is 4.90 Å². The summed E-state index contributed by atoms with van der Waals surface area (Å²) < 4.78 is 0. The van der Waals surface area contributed by atoms with Crippen molar-refractivity contribution in [2.24, 2.45) is 0 Å². The van der Waals surface area contributed by atoms with Crippen LogP contribution in [0.5, 0.6) is 0 Å². The first kappa shape index (κ1) is 18.4. The number of aryl methyl sites for hydroxylation is 2. The fourth-order valence-electron chi connectivity index (χ4n) is 3.66. The summed E-state index contributed by atoms with van der Waals surface area (Å²) in [7, 11) is 0. The fourth-order valence-corrected chi connectivity index (χ4v) is 3.66. The van der Waals surface area contributed by atoms with Crippen LogP contribution in [0.15, 0.2) is 60.8 Å². The van der Waals surface area contributed by atoms with Gasteiger partial charge in [-0.05, 0) is 36.6 Å². The van der Waals surface area contributed by atoms with Gasteiger partial charge in [0.15, 0.2) is 0 Å². The molecule has 3 aromatic rings. The molecule has 1 N–H and O–H groups in total. The maximum atomic E-state index is 4.77. The van der Waals surface area contributed by atoms with Crippen LogP contribution in [-0.2, 0) is 6.54 Å². The van der Waals surface area contributed by atoms with E-state index in [1.165, 1.54) is 16.7 Å². The van der Waals surface area contributed by atoms with Crippen molar-refractivity contribution in [3.63, 3.8) is 0 Å². The van der Waals surface area contributed by atoms with Crippen molar-refractivity contribution in [1.29, 1.82) is 0 Å². The second-order valence-electron chi connectivity index (χ2n) is 7.38. The van der Waals surface area contributed by atoms with Gasteiger partial charge in [0, 0.05) is 44.6 Å². The lowest BCUT2D eigenvalue weighted by molar-refractivity contribution is 0.248. The standard InChI is InChI=1S/C23H27N5/c1-18-7-6-8-19(2)22(18)25-21-11-12-24-23(26-21)28-15-13-27(14-16-28)17-20-9-4-3-5-10-20/h3-12H,13-17H2,1-2H3,(H,24,25,26). The summed E-state index contributed by atoms with van der Waals surface area (Å²) in [6.45, 7) is 9.16. The Labute approximate surface area is 167 Å². The molecular weight excluding hydrogens is 346 g/mol. The average Bonchev–Trinajstić information content (AvgIpc) is 2.72. The molecule has 0 unspecified atom stereocenters. The molecule has 1 aliphatic rings. The highest BCUT2D eigenvalue weighted by molar-refractivity contribution is 5.64. The van der Waals surface area contributed by atoms with E-state index in [-0.39, 0.29) is 0 Å². The van der Waals surface area contributed by atoms with Crippen molar-refractivity contribution in [3.05, 3.63) is 77.5 Å². The number of para-hydroxylation sites is 1. The Balaban J connectivity index is 1.40. The van der Waals surface area contributed by atoms with Crippen molar-refractivity contribution in [1.82, 2.24) is 14.9 Å². The number of anilines is 3. The van der Waals surface area contributed by atoms with Gasteiger partial charge in [0.1, 0.15) is 5.82 Å². The van der Waals surface area contributed by atoms with E-state index in [9.17, 15) is 0 Å². The normalized spacial score (nSPS) is 14.9. The molecule has 5 heteroatoms. The summed E-state index contributed by atoms with van der Waals surface area (Å²) in [5, 5.41) is 3.47. The van der Waals surface area contributed by atoms with Crippen LogP contribution < -0.4 is 10.2 Å². The number of hydrogen-bond donors (Lipinski definition) is 1. The molecule has 1 aliphatic heterocycles. The summed E-state index contributed by atoms with van der Waals surface area (Å²) in [4.78, 5) is 14.0. The van der Waals surface area contributed by atoms with E-state index in [1.807, 2.05) is 12.3 Å². The van der Waals surface area contributed by atoms with Gasteiger partial charge in [0.05, 0.1) is 0 Å². The van der Waals surface area contributed by atoms with Gasteiger partial charge >= 0.3 is 0 Å². The summed E-state index contributed by atoms with van der Waals surface area (Å²) in [5.41, 5.74) is 4.93. The monoisotopic (exact) mass is 373 g/mol. The lowest BCUT2D eigenvalue weighted by atomic mass is 10.1. The smallest absolute Gasteiger partial charge is 0.227 e. The molecule has 1 fully saturated rings. The van der Waals surface area contributed by atoms with Crippen molar-refractivity contribution < 1.29 is 0 Å². The number of aromatic nitrogens is 2. The molecule has 0 amide bonds. The Morgan fingerprint density at radius 2 is 1.57 bits per heavy atom. The molecule has 0 atom stereocenters. The van der Waals surface area contributed by atoms with Crippen LogP contribution in [0.2, 0.25) is 0 Å². The number of rotatable bonds is 5. The highest BCUT2D eigenvalue weighted by Crippen LogP contribution is 2.24. The van der Waals surface area contributed by atoms with Gasteiger partial charge < -0.3 is 10.2 Å². The van der Waals surface area contributed by atoms with Crippen molar-refractivity contribution in [2.75, 3.05) is 36.4 Å². The molecule has 2 aromatic carbocycles. The van der Waals surface area contributed by atoms with Crippen LogP contribution >= 0.6 is 0 Å². The highest BCUT2D eigenvalue weighted by Gasteiger charge is 2.19. The maximum Gasteiger partial charge on any atom is 0.227 e. The lowest BCUT2D eigenvalue weighted by Gasteiger charge is -2.34. The Bertz CT molecular complexity index is 897. The van der Waals surface area contributed by atoms with E-state index in [2.05, 4.69) is 82.5 Å². The van der Waals surface area contributed by atoms with Crippen LogP contribution in [0, 0.1) is 13.8 Å². The summed E-state index contributed by atoms with van der Waals surface area (Å²) in [6.07, 6.45) is 1.84. The molecule has 2 heterocycles. The van der Waals surface area contributed by atoms with Gasteiger partial charge in [-0.2, -0.15) is 4.98 Å². The largest absolute Gasteiger partial charge is 0.340 e. The number of nitrogens with one attached hydrogen (secondary N) is 1. The van der Waals surface area contributed by atoms with Gasteiger partial charge in [-0.25, -0.2) is 4.98 Å². The molecule has 0 aliphatic carbocycles. The first-order valence-corrected chi connectivity index (χ1v) is 9.86. The Hall–Kier alpha value is -2.92. The third-order valence-electron chi connectivity index (χ3n) is 5.28. The molecule has 1 saturated heterocycles. The first-order chi connectivity index (χ1) is 13.7.